The number of benzene rings is 1. The minimum atomic E-state index is -0.282. The second-order valence-corrected chi connectivity index (χ2v) is 9.99. The normalized spacial score (nSPS) is 17.7. The van der Waals surface area contributed by atoms with Gasteiger partial charge in [-0.1, -0.05) is 6.07 Å². The van der Waals surface area contributed by atoms with Crippen LogP contribution in [-0.2, 0) is 10.3 Å². The lowest BCUT2D eigenvalue weighted by Crippen LogP contribution is -2.50. The van der Waals surface area contributed by atoms with Gasteiger partial charge in [0.15, 0.2) is 0 Å². The molecule has 5 nitrogen and oxygen atoms in total. The number of nitrogens with one attached hydrogen (secondary N) is 2. The van der Waals surface area contributed by atoms with Crippen LogP contribution < -0.4 is 5.32 Å². The van der Waals surface area contributed by atoms with Crippen molar-refractivity contribution in [3.63, 3.8) is 0 Å². The van der Waals surface area contributed by atoms with E-state index in [4.69, 9.17) is 0 Å². The van der Waals surface area contributed by atoms with Crippen molar-refractivity contribution >= 4 is 28.1 Å². The van der Waals surface area contributed by atoms with Gasteiger partial charge < -0.3 is 15.2 Å². The fourth-order valence-electron chi connectivity index (χ4n) is 4.89. The van der Waals surface area contributed by atoms with E-state index in [1.54, 1.807) is 6.07 Å². The number of H-pyrrole nitrogens is 1. The van der Waals surface area contributed by atoms with Gasteiger partial charge >= 0.3 is 0 Å². The average molecular weight is 457 g/mol. The van der Waals surface area contributed by atoms with Gasteiger partial charge in [0.1, 0.15) is 5.82 Å². The first-order valence-corrected chi connectivity index (χ1v) is 12.3. The number of thiophene rings is 1. The number of likely N-dealkylation sites (tertiary alicyclic amines) is 1. The Hall–Kier alpha value is -2.22. The molecular formula is C25H33FN4OS. The molecule has 1 fully saturated rings. The topological polar surface area (TPSA) is 51.4 Å². The summed E-state index contributed by atoms with van der Waals surface area (Å²) in [6, 6.07) is 9.05. The summed E-state index contributed by atoms with van der Waals surface area (Å²) in [4.78, 5) is 22.1. The van der Waals surface area contributed by atoms with Gasteiger partial charge in [-0.3, -0.25) is 9.69 Å². The number of carbonyl (C=O) groups excluding carboxylic acids is 1. The summed E-state index contributed by atoms with van der Waals surface area (Å²) >= 11 is 1.86. The largest absolute Gasteiger partial charge is 0.361 e. The van der Waals surface area contributed by atoms with E-state index < -0.39 is 0 Å². The molecule has 172 valence electrons. The highest BCUT2D eigenvalue weighted by Gasteiger charge is 2.38. The molecule has 0 radical (unpaired) electrons. The summed E-state index contributed by atoms with van der Waals surface area (Å²) in [5.41, 5.74) is 1.78. The van der Waals surface area contributed by atoms with E-state index in [0.717, 1.165) is 55.4 Å². The Labute approximate surface area is 193 Å². The van der Waals surface area contributed by atoms with Crippen molar-refractivity contribution in [3.05, 3.63) is 58.2 Å². The number of aromatic nitrogens is 1. The summed E-state index contributed by atoms with van der Waals surface area (Å²) in [7, 11) is 4.38. The number of rotatable bonds is 8. The smallest absolute Gasteiger partial charge is 0.227 e. The second-order valence-electron chi connectivity index (χ2n) is 9.05. The van der Waals surface area contributed by atoms with E-state index in [2.05, 4.69) is 51.7 Å². The number of piperidine rings is 1. The molecule has 1 saturated heterocycles. The highest BCUT2D eigenvalue weighted by molar-refractivity contribution is 7.10. The second kappa shape index (κ2) is 9.73. The van der Waals surface area contributed by atoms with E-state index >= 15 is 0 Å². The quantitative estimate of drug-likeness (QED) is 0.490. The van der Waals surface area contributed by atoms with Crippen LogP contribution in [0.1, 0.15) is 42.5 Å². The monoisotopic (exact) mass is 456 g/mol. The third kappa shape index (κ3) is 4.60. The number of nitrogens with zero attached hydrogens (tertiary/aromatic N) is 2. The van der Waals surface area contributed by atoms with Gasteiger partial charge in [-0.05, 0) is 82.0 Å². The zero-order valence-electron chi connectivity index (χ0n) is 19.2. The Bertz CT molecular complexity index is 1040. The van der Waals surface area contributed by atoms with Crippen LogP contribution in [0.4, 0.5) is 4.39 Å². The highest BCUT2D eigenvalue weighted by atomic mass is 32.1. The lowest BCUT2D eigenvalue weighted by atomic mass is 9.84. The summed E-state index contributed by atoms with van der Waals surface area (Å²) in [5.74, 6) is -0.548. The summed E-state index contributed by atoms with van der Waals surface area (Å²) in [6.45, 7) is 5.71. The van der Waals surface area contributed by atoms with E-state index in [-0.39, 0.29) is 23.2 Å². The molecule has 2 N–H and O–H groups in total. The molecule has 32 heavy (non-hydrogen) atoms. The molecule has 1 atom stereocenters. The van der Waals surface area contributed by atoms with Gasteiger partial charge in [-0.25, -0.2) is 4.39 Å². The van der Waals surface area contributed by atoms with Crippen LogP contribution in [0.3, 0.4) is 0 Å². The van der Waals surface area contributed by atoms with Crippen molar-refractivity contribution in [1.82, 2.24) is 20.1 Å². The summed E-state index contributed by atoms with van der Waals surface area (Å²) < 4.78 is 13.4. The minimum absolute atomic E-state index is 0.0122. The zero-order chi connectivity index (χ0) is 22.7. The molecule has 1 aliphatic rings. The maximum atomic E-state index is 13.4. The van der Waals surface area contributed by atoms with E-state index in [1.165, 1.54) is 17.0 Å². The fraction of sp³-hybridized carbons (Fsp3) is 0.480. The number of aromatic amines is 1. The molecule has 1 unspecified atom stereocenters. The highest BCUT2D eigenvalue weighted by Crippen LogP contribution is 2.39. The molecule has 3 heterocycles. The maximum absolute atomic E-state index is 13.4. The van der Waals surface area contributed by atoms with Crippen LogP contribution >= 0.6 is 11.3 Å². The number of amides is 1. The molecule has 0 bridgehead atoms. The van der Waals surface area contributed by atoms with Crippen LogP contribution in [0.25, 0.3) is 10.9 Å². The molecule has 4 rings (SSSR count). The maximum Gasteiger partial charge on any atom is 0.227 e. The Morgan fingerprint density at radius 3 is 2.78 bits per heavy atom. The third-order valence-corrected chi connectivity index (χ3v) is 8.07. The number of hydrogen-bond acceptors (Lipinski definition) is 4. The number of halogens is 1. The van der Waals surface area contributed by atoms with Gasteiger partial charge in [0.2, 0.25) is 5.91 Å². The molecule has 0 spiro atoms. The van der Waals surface area contributed by atoms with E-state index in [9.17, 15) is 9.18 Å². The predicted octanol–water partition coefficient (Wildman–Crippen LogP) is 4.53. The molecule has 1 aliphatic heterocycles. The molecule has 1 aromatic carbocycles. The Morgan fingerprint density at radius 1 is 1.31 bits per heavy atom. The van der Waals surface area contributed by atoms with Crippen molar-refractivity contribution in [2.45, 2.75) is 37.6 Å². The Kier molecular flexibility index (Phi) is 6.98. The molecule has 0 saturated carbocycles. The fourth-order valence-corrected chi connectivity index (χ4v) is 5.96. The lowest BCUT2D eigenvalue weighted by molar-refractivity contribution is -0.122. The standard InChI is InChI=1S/C25H33FN4OS/c1-18(21-17-28-22-16-19(26)7-8-20(21)22)24(31)27-11-5-12-30-13-9-25(10-14-30,29(2)3)23-6-4-15-32-23/h4,6-8,15-18,28H,5,9-14H2,1-3H3,(H,27,31). The van der Waals surface area contributed by atoms with Crippen molar-refractivity contribution < 1.29 is 9.18 Å². The molecule has 1 amide bonds. The van der Waals surface area contributed by atoms with Crippen molar-refractivity contribution in [2.24, 2.45) is 0 Å². The molecule has 0 aliphatic carbocycles. The van der Waals surface area contributed by atoms with Crippen molar-refractivity contribution in [1.29, 1.82) is 0 Å². The van der Waals surface area contributed by atoms with E-state index in [1.807, 2.05) is 24.5 Å². The first kappa shape index (κ1) is 23.0. The number of carbonyl (C=O) groups is 1. The van der Waals surface area contributed by atoms with Crippen LogP contribution in [-0.4, -0.2) is 61.0 Å². The zero-order valence-corrected chi connectivity index (χ0v) is 20.0. The summed E-state index contributed by atoms with van der Waals surface area (Å²) in [5, 5.41) is 6.16. The van der Waals surface area contributed by atoms with Gasteiger partial charge in [-0.2, -0.15) is 0 Å². The lowest BCUT2D eigenvalue weighted by Gasteiger charge is -2.45. The number of hydrogen-bond donors (Lipinski definition) is 2. The molecule has 2 aromatic heterocycles. The average Bonchev–Trinajstić information content (AvgIpc) is 3.46. The van der Waals surface area contributed by atoms with Crippen LogP contribution in [0.15, 0.2) is 41.9 Å². The third-order valence-electron chi connectivity index (χ3n) is 7.01. The van der Waals surface area contributed by atoms with Crippen LogP contribution in [0, 0.1) is 5.82 Å². The summed E-state index contributed by atoms with van der Waals surface area (Å²) in [6.07, 6.45) is 5.01. The van der Waals surface area contributed by atoms with Crippen molar-refractivity contribution in [3.8, 4) is 0 Å². The molecule has 3 aromatic rings. The first-order chi connectivity index (χ1) is 15.4. The van der Waals surface area contributed by atoms with Gasteiger partial charge in [-0.15, -0.1) is 11.3 Å². The SMILES string of the molecule is CC(C(=O)NCCCN1CCC(c2cccs2)(N(C)C)CC1)c1c[nH]c2cc(F)ccc12. The van der Waals surface area contributed by atoms with Gasteiger partial charge in [0.05, 0.1) is 11.5 Å². The molecule has 7 heteroatoms. The first-order valence-electron chi connectivity index (χ1n) is 11.4. The Morgan fingerprint density at radius 2 is 2.09 bits per heavy atom. The Balaban J connectivity index is 1.24. The predicted molar refractivity (Wildman–Crippen MR) is 130 cm³/mol. The minimum Gasteiger partial charge on any atom is -0.361 e. The van der Waals surface area contributed by atoms with Crippen molar-refractivity contribution in [2.75, 3.05) is 40.3 Å². The number of fused-ring (bicyclic) bond motifs is 1. The van der Waals surface area contributed by atoms with Gasteiger partial charge in [0, 0.05) is 41.6 Å². The van der Waals surface area contributed by atoms with Crippen LogP contribution in [0.5, 0.6) is 0 Å². The van der Waals surface area contributed by atoms with E-state index in [0.29, 0.717) is 6.54 Å². The van der Waals surface area contributed by atoms with Crippen LogP contribution in [0.2, 0.25) is 0 Å². The van der Waals surface area contributed by atoms with Gasteiger partial charge in [0.25, 0.3) is 0 Å². The molecular weight excluding hydrogens is 423 g/mol.